The lowest BCUT2D eigenvalue weighted by molar-refractivity contribution is -0.0415. The fraction of sp³-hybridized carbons (Fsp3) is 0.765. The van der Waals surface area contributed by atoms with E-state index in [1.165, 1.54) is 6.20 Å². The average Bonchev–Trinajstić information content (AvgIpc) is 3.26. The number of pyridine rings is 1. The van der Waals surface area contributed by atoms with E-state index in [4.69, 9.17) is 37.4 Å². The number of piperazine rings is 1. The Hall–Kier alpha value is -2.09. The van der Waals surface area contributed by atoms with E-state index in [1.807, 2.05) is 65.4 Å². The monoisotopic (exact) mass is 716 g/mol. The smallest absolute Gasteiger partial charge is 0.411 e. The molecule has 2 saturated heterocycles. The van der Waals surface area contributed by atoms with Gasteiger partial charge < -0.3 is 29.1 Å². The van der Waals surface area contributed by atoms with Gasteiger partial charge in [-0.25, -0.2) is 19.2 Å². The first-order valence-electron chi connectivity index (χ1n) is 17.1. The summed E-state index contributed by atoms with van der Waals surface area (Å²) in [6.07, 6.45) is 5.72. The van der Waals surface area contributed by atoms with Gasteiger partial charge >= 0.3 is 6.09 Å². The maximum atomic E-state index is 14.9. The van der Waals surface area contributed by atoms with Crippen molar-refractivity contribution in [3.8, 4) is 0 Å². The molecule has 48 heavy (non-hydrogen) atoms. The highest BCUT2D eigenvalue weighted by Gasteiger charge is 2.55. The van der Waals surface area contributed by atoms with Crippen molar-refractivity contribution >= 4 is 46.0 Å². The van der Waals surface area contributed by atoms with Crippen molar-refractivity contribution in [1.82, 2.24) is 24.8 Å². The highest BCUT2D eigenvalue weighted by Crippen LogP contribution is 2.43. The first-order valence-corrected chi connectivity index (χ1v) is 17.8. The number of aromatic nitrogens is 3. The van der Waals surface area contributed by atoms with E-state index in [2.05, 4.69) is 26.8 Å². The van der Waals surface area contributed by atoms with Crippen LogP contribution in [0.5, 0.6) is 0 Å². The fourth-order valence-corrected chi connectivity index (χ4v) is 7.17. The van der Waals surface area contributed by atoms with Gasteiger partial charge in [-0.1, -0.05) is 38.8 Å². The van der Waals surface area contributed by atoms with Crippen LogP contribution < -0.4 is 4.90 Å². The zero-order chi connectivity index (χ0) is 35.9. The molecule has 272 valence electrons. The lowest BCUT2D eigenvalue weighted by Gasteiger charge is -2.49. The molecule has 1 amide bonds. The SMILES string of the molecule is CC.CCCC(CO)(CC(C)OCCCOCC12CCC(CN(c3nc(Cl)nc4c(F)c(Cl)ncc34)C1)N2C(=O)OC(C)(C)C)N(C)C. The predicted molar refractivity (Wildman–Crippen MR) is 189 cm³/mol. The van der Waals surface area contributed by atoms with Gasteiger partial charge in [0, 0.05) is 38.0 Å². The van der Waals surface area contributed by atoms with E-state index in [0.29, 0.717) is 50.3 Å². The van der Waals surface area contributed by atoms with Crippen molar-refractivity contribution in [2.45, 2.75) is 116 Å². The molecular weight excluding hydrogens is 662 g/mol. The predicted octanol–water partition coefficient (Wildman–Crippen LogP) is 6.75. The molecule has 2 aliphatic rings. The summed E-state index contributed by atoms with van der Waals surface area (Å²) in [6, 6.07) is -0.183. The van der Waals surface area contributed by atoms with Gasteiger partial charge in [0.15, 0.2) is 11.0 Å². The number of amides is 1. The summed E-state index contributed by atoms with van der Waals surface area (Å²) < 4.78 is 33.1. The van der Waals surface area contributed by atoms with Crippen molar-refractivity contribution < 1.29 is 28.5 Å². The van der Waals surface area contributed by atoms with Gasteiger partial charge in [0.25, 0.3) is 0 Å². The molecule has 4 atom stereocenters. The molecule has 14 heteroatoms. The molecule has 0 radical (unpaired) electrons. The van der Waals surface area contributed by atoms with Crippen molar-refractivity contribution in [1.29, 1.82) is 0 Å². The Labute approximate surface area is 295 Å². The van der Waals surface area contributed by atoms with Crippen LogP contribution in [0, 0.1) is 5.82 Å². The second-order valence-electron chi connectivity index (χ2n) is 13.9. The van der Waals surface area contributed by atoms with Gasteiger partial charge in [0.05, 0.1) is 36.3 Å². The van der Waals surface area contributed by atoms with Crippen molar-refractivity contribution in [3.63, 3.8) is 0 Å². The van der Waals surface area contributed by atoms with E-state index in [0.717, 1.165) is 25.7 Å². The molecule has 0 aliphatic carbocycles. The minimum Gasteiger partial charge on any atom is -0.444 e. The summed E-state index contributed by atoms with van der Waals surface area (Å²) in [5.74, 6) is -0.330. The van der Waals surface area contributed by atoms with Gasteiger partial charge in [-0.3, -0.25) is 4.90 Å². The average molecular weight is 718 g/mol. The van der Waals surface area contributed by atoms with Crippen molar-refractivity contribution in [2.75, 3.05) is 58.5 Å². The minimum atomic E-state index is -0.760. The molecule has 0 aromatic carbocycles. The van der Waals surface area contributed by atoms with Crippen molar-refractivity contribution in [2.24, 2.45) is 0 Å². The summed E-state index contributed by atoms with van der Waals surface area (Å²) in [4.78, 5) is 32.0. The number of halogens is 3. The number of carbonyl (C=O) groups excluding carboxylic acids is 1. The number of fused-ring (bicyclic) bond motifs is 3. The molecule has 2 fully saturated rings. The zero-order valence-electron chi connectivity index (χ0n) is 30.1. The van der Waals surface area contributed by atoms with Gasteiger partial charge in [-0.15, -0.1) is 0 Å². The highest BCUT2D eigenvalue weighted by molar-refractivity contribution is 6.30. The molecule has 1 N–H and O–H groups in total. The molecule has 0 saturated carbocycles. The van der Waals surface area contributed by atoms with Gasteiger partial charge in [-0.05, 0) is 85.5 Å². The number of ether oxygens (including phenoxy) is 3. The Balaban J connectivity index is 0.00000307. The van der Waals surface area contributed by atoms with Crippen LogP contribution in [0.25, 0.3) is 10.9 Å². The highest BCUT2D eigenvalue weighted by atomic mass is 35.5. The standard InChI is InChI=1S/C32H49Cl2FN6O5.C2H6/c1-8-11-31(19-42,39(6)7)15-21(2)45-14-9-13-44-20-32-12-10-22(41(32)29(43)46-30(3,4)5)17-40(18-32)27-23-16-36-26(33)24(35)25(23)37-28(34)38-27;1-2/h16,21-22,42H,8-15,17-20H2,1-7H3;1-2H3. The van der Waals surface area contributed by atoms with Crippen LogP contribution in [0.2, 0.25) is 10.4 Å². The second-order valence-corrected chi connectivity index (χ2v) is 14.6. The number of anilines is 1. The lowest BCUT2D eigenvalue weighted by atomic mass is 9.87. The molecule has 11 nitrogen and oxygen atoms in total. The van der Waals surface area contributed by atoms with E-state index in [-0.39, 0.29) is 52.9 Å². The number of aliphatic hydroxyl groups is 1. The largest absolute Gasteiger partial charge is 0.444 e. The molecular formula is C34H55Cl2FN6O5. The van der Waals surface area contributed by atoms with Crippen LogP contribution in [-0.4, -0.2) is 118 Å². The third-order valence-electron chi connectivity index (χ3n) is 9.05. The Kier molecular flexibility index (Phi) is 14.5. The Bertz CT molecular complexity index is 1370. The van der Waals surface area contributed by atoms with Gasteiger partial charge in [0.1, 0.15) is 16.9 Å². The summed E-state index contributed by atoms with van der Waals surface area (Å²) in [5.41, 5.74) is -1.70. The number of aliphatic hydroxyl groups excluding tert-OH is 1. The Morgan fingerprint density at radius 3 is 2.56 bits per heavy atom. The van der Waals surface area contributed by atoms with Crippen LogP contribution in [0.4, 0.5) is 15.0 Å². The van der Waals surface area contributed by atoms with Gasteiger partial charge in [0.2, 0.25) is 5.28 Å². The van der Waals surface area contributed by atoms with E-state index >= 15 is 0 Å². The maximum absolute atomic E-state index is 14.9. The quantitative estimate of drug-likeness (QED) is 0.128. The molecule has 2 aliphatic heterocycles. The van der Waals surface area contributed by atoms with Crippen LogP contribution in [0.15, 0.2) is 6.20 Å². The molecule has 4 unspecified atom stereocenters. The maximum Gasteiger partial charge on any atom is 0.411 e. The van der Waals surface area contributed by atoms with Crippen LogP contribution in [0.1, 0.15) is 87.0 Å². The third-order valence-corrected chi connectivity index (χ3v) is 9.48. The molecule has 4 heterocycles. The summed E-state index contributed by atoms with van der Waals surface area (Å²) in [7, 11) is 4.00. The minimum absolute atomic E-state index is 0.00652. The molecule has 2 aromatic rings. The molecule has 2 aromatic heterocycles. The first kappa shape index (κ1) is 40.3. The number of hydrogen-bond donors (Lipinski definition) is 1. The number of likely N-dealkylation sites (N-methyl/N-ethyl adjacent to an activating group) is 1. The fourth-order valence-electron chi connectivity index (χ4n) is 6.87. The molecule has 0 spiro atoms. The molecule has 4 rings (SSSR count). The number of hydrogen-bond acceptors (Lipinski definition) is 10. The Morgan fingerprint density at radius 2 is 1.94 bits per heavy atom. The van der Waals surface area contributed by atoms with E-state index in [1.54, 1.807) is 0 Å². The van der Waals surface area contributed by atoms with E-state index < -0.39 is 17.0 Å². The van der Waals surface area contributed by atoms with Crippen molar-refractivity contribution in [3.05, 3.63) is 22.5 Å². The topological polar surface area (TPSA) is 113 Å². The second kappa shape index (κ2) is 17.2. The Morgan fingerprint density at radius 1 is 1.23 bits per heavy atom. The molecule has 2 bridgehead atoms. The number of rotatable bonds is 14. The number of carbonyl (C=O) groups is 1. The zero-order valence-corrected chi connectivity index (χ0v) is 31.6. The summed E-state index contributed by atoms with van der Waals surface area (Å²) in [5, 5.41) is 10.1. The van der Waals surface area contributed by atoms with Crippen LogP contribution >= 0.6 is 23.2 Å². The normalized spacial score (nSPS) is 21.2. The number of nitrogens with zero attached hydrogens (tertiary/aromatic N) is 6. The van der Waals surface area contributed by atoms with E-state index in [9.17, 15) is 14.3 Å². The van der Waals surface area contributed by atoms with Gasteiger partial charge in [-0.2, -0.15) is 4.98 Å². The summed E-state index contributed by atoms with van der Waals surface area (Å²) >= 11 is 12.2. The lowest BCUT2D eigenvalue weighted by Crippen LogP contribution is -2.66. The summed E-state index contributed by atoms with van der Waals surface area (Å²) in [6.45, 7) is 15.8. The first-order chi connectivity index (χ1) is 22.6. The third kappa shape index (κ3) is 9.37. The van der Waals surface area contributed by atoms with Crippen LogP contribution in [-0.2, 0) is 14.2 Å². The van der Waals surface area contributed by atoms with Crippen LogP contribution in [0.3, 0.4) is 0 Å².